The molecule has 0 aliphatic rings. The van der Waals surface area contributed by atoms with Crippen molar-refractivity contribution in [1.82, 2.24) is 0 Å². The molecule has 0 aromatic heterocycles. The van der Waals surface area contributed by atoms with E-state index in [1.807, 2.05) is 60.7 Å². The zero-order valence-corrected chi connectivity index (χ0v) is 13.8. The van der Waals surface area contributed by atoms with Crippen molar-refractivity contribution in [3.63, 3.8) is 0 Å². The molecule has 2 aromatic carbocycles. The molecule has 0 heterocycles. The summed E-state index contributed by atoms with van der Waals surface area (Å²) in [6, 6.07) is 19.6. The lowest BCUT2D eigenvalue weighted by Crippen LogP contribution is -2.39. The summed E-state index contributed by atoms with van der Waals surface area (Å²) < 4.78 is 0. The van der Waals surface area contributed by atoms with E-state index in [1.54, 1.807) is 0 Å². The summed E-state index contributed by atoms with van der Waals surface area (Å²) in [7, 11) is 0. The SMILES string of the molecule is NC(c1ccccc1)C(N)c1ccccc1.O=C(O)C(O)C(O)C(=O)O. The molecule has 140 valence electrons. The average Bonchev–Trinajstić information content (AvgIpc) is 2.67. The first kappa shape index (κ1) is 21.3. The van der Waals surface area contributed by atoms with E-state index in [0.717, 1.165) is 11.1 Å². The number of nitrogens with two attached hydrogens (primary N) is 2. The van der Waals surface area contributed by atoms with Crippen LogP contribution in [-0.4, -0.2) is 44.6 Å². The normalized spacial score (nSPS) is 14.9. The molecule has 8 heteroatoms. The second-order valence-corrected chi connectivity index (χ2v) is 5.44. The second-order valence-electron chi connectivity index (χ2n) is 5.44. The number of rotatable bonds is 6. The molecule has 4 atom stereocenters. The van der Waals surface area contributed by atoms with Crippen LogP contribution >= 0.6 is 0 Å². The van der Waals surface area contributed by atoms with Gasteiger partial charge in [0.2, 0.25) is 0 Å². The maximum absolute atomic E-state index is 9.77. The molecule has 0 saturated carbocycles. The van der Waals surface area contributed by atoms with Gasteiger partial charge in [-0.3, -0.25) is 0 Å². The maximum atomic E-state index is 9.77. The highest BCUT2D eigenvalue weighted by atomic mass is 16.4. The first-order chi connectivity index (χ1) is 12.3. The van der Waals surface area contributed by atoms with Crippen molar-refractivity contribution in [2.24, 2.45) is 11.5 Å². The van der Waals surface area contributed by atoms with E-state index in [0.29, 0.717) is 0 Å². The Labute approximate surface area is 150 Å². The summed E-state index contributed by atoms with van der Waals surface area (Å²) in [5, 5.41) is 32.5. The molecule has 0 fully saturated rings. The molecule has 0 radical (unpaired) electrons. The fraction of sp³-hybridized carbons (Fsp3) is 0.222. The largest absolute Gasteiger partial charge is 0.479 e. The van der Waals surface area contributed by atoms with Crippen LogP contribution in [-0.2, 0) is 9.59 Å². The molecule has 2 aromatic rings. The van der Waals surface area contributed by atoms with Crippen LogP contribution in [0.25, 0.3) is 0 Å². The fourth-order valence-corrected chi connectivity index (χ4v) is 2.04. The zero-order valence-electron chi connectivity index (χ0n) is 13.8. The van der Waals surface area contributed by atoms with E-state index in [2.05, 4.69) is 0 Å². The van der Waals surface area contributed by atoms with E-state index in [1.165, 1.54) is 0 Å². The van der Waals surface area contributed by atoms with E-state index < -0.39 is 24.1 Å². The number of aliphatic carboxylic acids is 2. The quantitative estimate of drug-likeness (QED) is 0.425. The Kier molecular flexibility index (Phi) is 8.40. The molecule has 0 aliphatic carbocycles. The smallest absolute Gasteiger partial charge is 0.335 e. The minimum absolute atomic E-state index is 0.163. The molecular formula is C18H22N2O6. The third-order valence-electron chi connectivity index (χ3n) is 3.56. The van der Waals surface area contributed by atoms with Gasteiger partial charge in [0.15, 0.2) is 12.2 Å². The van der Waals surface area contributed by atoms with Gasteiger partial charge in [-0.15, -0.1) is 0 Å². The van der Waals surface area contributed by atoms with Crippen LogP contribution in [0.2, 0.25) is 0 Å². The number of aliphatic hydroxyl groups is 2. The Morgan fingerprint density at radius 1 is 0.654 bits per heavy atom. The Hall–Kier alpha value is -2.78. The molecule has 2 rings (SSSR count). The summed E-state index contributed by atoms with van der Waals surface area (Å²) in [6.45, 7) is 0. The van der Waals surface area contributed by atoms with Crippen molar-refractivity contribution in [1.29, 1.82) is 0 Å². The van der Waals surface area contributed by atoms with Gasteiger partial charge in [-0.05, 0) is 11.1 Å². The molecule has 8 N–H and O–H groups in total. The molecule has 0 bridgehead atoms. The third-order valence-corrected chi connectivity index (χ3v) is 3.56. The van der Waals surface area contributed by atoms with Crippen molar-refractivity contribution in [3.05, 3.63) is 71.8 Å². The predicted octanol–water partition coefficient (Wildman–Crippen LogP) is 0.264. The van der Waals surface area contributed by atoms with Crippen LogP contribution in [0.15, 0.2) is 60.7 Å². The molecule has 0 saturated heterocycles. The van der Waals surface area contributed by atoms with E-state index in [9.17, 15) is 9.59 Å². The first-order valence-electron chi connectivity index (χ1n) is 7.68. The molecule has 26 heavy (non-hydrogen) atoms. The highest BCUT2D eigenvalue weighted by Crippen LogP contribution is 2.23. The summed E-state index contributed by atoms with van der Waals surface area (Å²) >= 11 is 0. The van der Waals surface area contributed by atoms with Crippen LogP contribution in [0.4, 0.5) is 0 Å². The minimum atomic E-state index is -2.27. The second kappa shape index (κ2) is 10.3. The Morgan fingerprint density at radius 3 is 1.15 bits per heavy atom. The van der Waals surface area contributed by atoms with Crippen molar-refractivity contribution >= 4 is 11.9 Å². The number of benzene rings is 2. The van der Waals surface area contributed by atoms with Gasteiger partial charge in [0, 0.05) is 12.1 Å². The minimum Gasteiger partial charge on any atom is -0.479 e. The number of carboxylic acids is 2. The highest BCUT2D eigenvalue weighted by Gasteiger charge is 2.29. The van der Waals surface area contributed by atoms with Crippen LogP contribution < -0.4 is 11.5 Å². The van der Waals surface area contributed by atoms with Gasteiger partial charge >= 0.3 is 11.9 Å². The summed E-state index contributed by atoms with van der Waals surface area (Å²) in [5.74, 6) is -3.54. The van der Waals surface area contributed by atoms with E-state index >= 15 is 0 Å². The van der Waals surface area contributed by atoms with Gasteiger partial charge in [-0.1, -0.05) is 60.7 Å². The van der Waals surface area contributed by atoms with E-state index in [-0.39, 0.29) is 12.1 Å². The number of hydrogen-bond donors (Lipinski definition) is 6. The van der Waals surface area contributed by atoms with Gasteiger partial charge < -0.3 is 31.9 Å². The van der Waals surface area contributed by atoms with Crippen molar-refractivity contribution in [2.75, 3.05) is 0 Å². The van der Waals surface area contributed by atoms with E-state index in [4.69, 9.17) is 31.9 Å². The average molecular weight is 362 g/mol. The monoisotopic (exact) mass is 362 g/mol. The standard InChI is InChI=1S/C14H16N2.C4H6O6/c15-13(11-7-3-1-4-8-11)14(16)12-9-5-2-6-10-12;5-1(3(7)8)2(6)4(9)10/h1-10,13-14H,15-16H2;1-2,5-6H,(H,7,8)(H,9,10). The van der Waals surface area contributed by atoms with Crippen LogP contribution in [0.1, 0.15) is 23.2 Å². The zero-order chi connectivity index (χ0) is 19.7. The lowest BCUT2D eigenvalue weighted by molar-refractivity contribution is -0.165. The Morgan fingerprint density at radius 2 is 0.923 bits per heavy atom. The van der Waals surface area contributed by atoms with Crippen LogP contribution in [0, 0.1) is 0 Å². The lowest BCUT2D eigenvalue weighted by Gasteiger charge is -2.20. The molecule has 0 amide bonds. The Balaban J connectivity index is 0.000000294. The van der Waals surface area contributed by atoms with Gasteiger partial charge in [0.25, 0.3) is 0 Å². The number of hydrogen-bond acceptors (Lipinski definition) is 6. The van der Waals surface area contributed by atoms with Crippen LogP contribution in [0.3, 0.4) is 0 Å². The van der Waals surface area contributed by atoms with Gasteiger partial charge in [0.1, 0.15) is 0 Å². The topological polar surface area (TPSA) is 167 Å². The molecule has 0 spiro atoms. The van der Waals surface area contributed by atoms with Gasteiger partial charge in [0.05, 0.1) is 0 Å². The number of aliphatic hydroxyl groups excluding tert-OH is 2. The predicted molar refractivity (Wildman–Crippen MR) is 94.0 cm³/mol. The Bertz CT molecular complexity index is 634. The number of carboxylic acid groups (broad SMARTS) is 2. The van der Waals surface area contributed by atoms with Crippen LogP contribution in [0.5, 0.6) is 0 Å². The number of carbonyl (C=O) groups is 2. The van der Waals surface area contributed by atoms with Crippen molar-refractivity contribution < 1.29 is 30.0 Å². The van der Waals surface area contributed by atoms with Gasteiger partial charge in [-0.2, -0.15) is 0 Å². The summed E-state index contributed by atoms with van der Waals surface area (Å²) in [4.78, 5) is 19.5. The first-order valence-corrected chi connectivity index (χ1v) is 7.68. The summed E-state index contributed by atoms with van der Waals surface area (Å²) in [6.07, 6.45) is -4.53. The molecule has 4 unspecified atom stereocenters. The van der Waals surface area contributed by atoms with Crippen molar-refractivity contribution in [2.45, 2.75) is 24.3 Å². The third kappa shape index (κ3) is 6.26. The van der Waals surface area contributed by atoms with Gasteiger partial charge in [-0.25, -0.2) is 9.59 Å². The van der Waals surface area contributed by atoms with Crippen molar-refractivity contribution in [3.8, 4) is 0 Å². The molecule has 8 nitrogen and oxygen atoms in total. The summed E-state index contributed by atoms with van der Waals surface area (Å²) in [5.41, 5.74) is 14.4. The fourth-order valence-electron chi connectivity index (χ4n) is 2.04. The molecule has 0 aliphatic heterocycles. The highest BCUT2D eigenvalue weighted by molar-refractivity contribution is 5.83. The molecular weight excluding hydrogens is 340 g/mol. The maximum Gasteiger partial charge on any atom is 0.335 e. The lowest BCUT2D eigenvalue weighted by atomic mass is 9.95.